The Morgan fingerprint density at radius 2 is 1.85 bits per heavy atom. The molecule has 1 aliphatic rings. The summed E-state index contributed by atoms with van der Waals surface area (Å²) in [6.45, 7) is 4.47. The number of benzene rings is 2. The van der Waals surface area contributed by atoms with Crippen LogP contribution in [-0.2, 0) is 23.5 Å². The van der Waals surface area contributed by atoms with Gasteiger partial charge >= 0.3 is 0 Å². The fraction of sp³-hybridized carbons (Fsp3) is 0.308. The Kier molecular flexibility index (Phi) is 6.78. The van der Waals surface area contributed by atoms with E-state index in [1.54, 1.807) is 23.6 Å². The van der Waals surface area contributed by atoms with Crippen LogP contribution in [0.15, 0.2) is 65.1 Å². The van der Waals surface area contributed by atoms with Crippen LogP contribution in [0.3, 0.4) is 0 Å². The van der Waals surface area contributed by atoms with Crippen LogP contribution in [-0.4, -0.2) is 25.7 Å². The third-order valence-corrected chi connectivity index (χ3v) is 7.74. The lowest BCUT2D eigenvalue weighted by Gasteiger charge is -2.18. The van der Waals surface area contributed by atoms with Gasteiger partial charge in [-0.1, -0.05) is 61.2 Å². The average molecular weight is 490 g/mol. The molecule has 0 N–H and O–H groups in total. The number of aryl methyl sites for hydroxylation is 1. The lowest BCUT2D eigenvalue weighted by molar-refractivity contribution is -0.115. The normalized spacial score (nSPS) is 13.2. The standard InChI is InChI=1S/C26H27N5OS2/c1-3-19-9-13-23(14-10-19)31(18(2)32)25-27-22(16-33-25)17-34-26-29-28-24(21-11-12-21)30(26)15-20-7-5-4-6-8-20/h4-10,13-14,16,21H,3,11-12,15,17H2,1-2H3. The molecule has 1 aliphatic carbocycles. The number of aromatic nitrogens is 4. The Morgan fingerprint density at radius 1 is 1.09 bits per heavy atom. The van der Waals surface area contributed by atoms with Crippen molar-refractivity contribution >= 4 is 39.8 Å². The van der Waals surface area contributed by atoms with Gasteiger partial charge in [-0.15, -0.1) is 21.5 Å². The van der Waals surface area contributed by atoms with E-state index in [4.69, 9.17) is 4.98 Å². The molecule has 2 aromatic carbocycles. The maximum absolute atomic E-state index is 12.4. The summed E-state index contributed by atoms with van der Waals surface area (Å²) in [7, 11) is 0. The second-order valence-corrected chi connectivity index (χ2v) is 10.3. The van der Waals surface area contributed by atoms with Crippen molar-refractivity contribution in [3.05, 3.63) is 82.6 Å². The Balaban J connectivity index is 1.32. The van der Waals surface area contributed by atoms with Crippen molar-refractivity contribution in [2.24, 2.45) is 0 Å². The van der Waals surface area contributed by atoms with Gasteiger partial charge in [-0.25, -0.2) is 4.98 Å². The molecule has 6 nitrogen and oxygen atoms in total. The van der Waals surface area contributed by atoms with Crippen molar-refractivity contribution in [3.63, 3.8) is 0 Å². The minimum Gasteiger partial charge on any atom is -0.301 e. The predicted molar refractivity (Wildman–Crippen MR) is 138 cm³/mol. The minimum absolute atomic E-state index is 0.0468. The van der Waals surface area contributed by atoms with E-state index >= 15 is 0 Å². The highest BCUT2D eigenvalue weighted by Crippen LogP contribution is 2.40. The fourth-order valence-corrected chi connectivity index (χ4v) is 5.71. The summed E-state index contributed by atoms with van der Waals surface area (Å²) in [6.07, 6.45) is 3.34. The number of anilines is 2. The molecule has 8 heteroatoms. The van der Waals surface area contributed by atoms with Crippen LogP contribution in [0.25, 0.3) is 0 Å². The van der Waals surface area contributed by atoms with Crippen LogP contribution < -0.4 is 4.90 Å². The van der Waals surface area contributed by atoms with E-state index in [0.29, 0.717) is 16.8 Å². The van der Waals surface area contributed by atoms with Crippen molar-refractivity contribution < 1.29 is 4.79 Å². The molecular formula is C26H27N5OS2. The lowest BCUT2D eigenvalue weighted by Crippen LogP contribution is -2.22. The van der Waals surface area contributed by atoms with Gasteiger partial charge in [0.2, 0.25) is 5.91 Å². The molecule has 4 aromatic rings. The Morgan fingerprint density at radius 3 is 2.53 bits per heavy atom. The van der Waals surface area contributed by atoms with Gasteiger partial charge in [0.15, 0.2) is 10.3 Å². The number of nitrogens with zero attached hydrogens (tertiary/aromatic N) is 5. The van der Waals surface area contributed by atoms with E-state index in [1.807, 2.05) is 23.6 Å². The second kappa shape index (κ2) is 10.1. The SMILES string of the molecule is CCc1ccc(N(C(C)=O)c2nc(CSc3nnc(C4CC4)n3Cc3ccccc3)cs2)cc1. The third kappa shape index (κ3) is 5.08. The number of thiazole rings is 1. The largest absolute Gasteiger partial charge is 0.301 e. The van der Waals surface area contributed by atoms with Crippen LogP contribution in [0.2, 0.25) is 0 Å². The molecular weight excluding hydrogens is 462 g/mol. The number of amides is 1. The molecule has 0 bridgehead atoms. The zero-order valence-electron chi connectivity index (χ0n) is 19.3. The number of carbonyl (C=O) groups excluding carboxylic acids is 1. The highest BCUT2D eigenvalue weighted by atomic mass is 32.2. The number of hydrogen-bond donors (Lipinski definition) is 0. The first kappa shape index (κ1) is 22.8. The molecule has 0 atom stereocenters. The lowest BCUT2D eigenvalue weighted by atomic mass is 10.1. The third-order valence-electron chi connectivity index (χ3n) is 5.87. The van der Waals surface area contributed by atoms with Crippen LogP contribution in [0, 0.1) is 0 Å². The van der Waals surface area contributed by atoms with E-state index in [9.17, 15) is 4.79 Å². The average Bonchev–Trinajstić information content (AvgIpc) is 3.47. The van der Waals surface area contributed by atoms with Crippen molar-refractivity contribution in [2.75, 3.05) is 4.90 Å². The molecule has 1 amide bonds. The Labute approximate surface area is 208 Å². The van der Waals surface area contributed by atoms with Crippen LogP contribution >= 0.6 is 23.1 Å². The summed E-state index contributed by atoms with van der Waals surface area (Å²) >= 11 is 3.14. The summed E-state index contributed by atoms with van der Waals surface area (Å²) in [5, 5.41) is 12.7. The fourth-order valence-electron chi connectivity index (χ4n) is 3.88. The molecule has 0 aliphatic heterocycles. The van der Waals surface area contributed by atoms with E-state index in [2.05, 4.69) is 58.1 Å². The quantitative estimate of drug-likeness (QED) is 0.262. The first-order chi connectivity index (χ1) is 16.6. The van der Waals surface area contributed by atoms with Gasteiger partial charge < -0.3 is 4.57 Å². The monoisotopic (exact) mass is 489 g/mol. The van der Waals surface area contributed by atoms with E-state index in [0.717, 1.165) is 35.3 Å². The number of carbonyl (C=O) groups is 1. The van der Waals surface area contributed by atoms with Crippen molar-refractivity contribution in [3.8, 4) is 0 Å². The second-order valence-electron chi connectivity index (χ2n) is 8.47. The minimum atomic E-state index is -0.0468. The molecule has 2 heterocycles. The maximum atomic E-state index is 12.4. The van der Waals surface area contributed by atoms with Gasteiger partial charge in [0, 0.05) is 24.0 Å². The zero-order chi connectivity index (χ0) is 23.5. The van der Waals surface area contributed by atoms with Gasteiger partial charge in [0.1, 0.15) is 5.82 Å². The van der Waals surface area contributed by atoms with Crippen molar-refractivity contribution in [2.45, 2.75) is 56.5 Å². The van der Waals surface area contributed by atoms with E-state index in [-0.39, 0.29) is 5.91 Å². The van der Waals surface area contributed by atoms with Crippen molar-refractivity contribution in [1.29, 1.82) is 0 Å². The molecule has 174 valence electrons. The summed E-state index contributed by atoms with van der Waals surface area (Å²) in [5.74, 6) is 2.24. The molecule has 1 saturated carbocycles. The zero-order valence-corrected chi connectivity index (χ0v) is 21.0. The highest BCUT2D eigenvalue weighted by Gasteiger charge is 2.30. The molecule has 0 radical (unpaired) electrons. The Hall–Kier alpha value is -2.97. The molecule has 1 fully saturated rings. The van der Waals surface area contributed by atoms with Crippen LogP contribution in [0.5, 0.6) is 0 Å². The highest BCUT2D eigenvalue weighted by molar-refractivity contribution is 7.98. The predicted octanol–water partition coefficient (Wildman–Crippen LogP) is 6.20. The number of rotatable bonds is 9. The van der Waals surface area contributed by atoms with E-state index in [1.165, 1.54) is 35.3 Å². The summed E-state index contributed by atoms with van der Waals surface area (Å²) < 4.78 is 2.25. The van der Waals surface area contributed by atoms with Crippen molar-refractivity contribution in [1.82, 2.24) is 19.7 Å². The summed E-state index contributed by atoms with van der Waals surface area (Å²) in [6, 6.07) is 18.5. The smallest absolute Gasteiger partial charge is 0.230 e. The molecule has 0 unspecified atom stereocenters. The van der Waals surface area contributed by atoms with Gasteiger partial charge in [0.25, 0.3) is 0 Å². The number of thioether (sulfide) groups is 1. The topological polar surface area (TPSA) is 63.9 Å². The molecule has 5 rings (SSSR count). The van der Waals surface area contributed by atoms with Crippen LogP contribution in [0.4, 0.5) is 10.8 Å². The number of hydrogen-bond acceptors (Lipinski definition) is 6. The van der Waals surface area contributed by atoms with Crippen LogP contribution in [0.1, 0.15) is 55.3 Å². The first-order valence-electron chi connectivity index (χ1n) is 11.6. The first-order valence-corrected chi connectivity index (χ1v) is 13.4. The maximum Gasteiger partial charge on any atom is 0.230 e. The van der Waals surface area contributed by atoms with Gasteiger partial charge in [0.05, 0.1) is 17.9 Å². The summed E-state index contributed by atoms with van der Waals surface area (Å²) in [5.41, 5.74) is 4.26. The summed E-state index contributed by atoms with van der Waals surface area (Å²) in [4.78, 5) is 18.9. The molecule has 0 spiro atoms. The Bertz CT molecular complexity index is 1260. The van der Waals surface area contributed by atoms with Gasteiger partial charge in [-0.05, 0) is 42.5 Å². The van der Waals surface area contributed by atoms with Gasteiger partial charge in [-0.3, -0.25) is 9.69 Å². The molecule has 2 aromatic heterocycles. The molecule has 0 saturated heterocycles. The van der Waals surface area contributed by atoms with Gasteiger partial charge in [-0.2, -0.15) is 0 Å². The molecule has 34 heavy (non-hydrogen) atoms. The van der Waals surface area contributed by atoms with E-state index < -0.39 is 0 Å².